The largest absolute Gasteiger partial charge is 0.419 e. The highest BCUT2D eigenvalue weighted by Gasteiger charge is 2.20. The van der Waals surface area contributed by atoms with Crippen molar-refractivity contribution in [3.05, 3.63) is 47.4 Å². The van der Waals surface area contributed by atoms with Gasteiger partial charge in [0.05, 0.1) is 13.1 Å². The van der Waals surface area contributed by atoms with E-state index in [4.69, 9.17) is 8.94 Å². The van der Waals surface area contributed by atoms with Crippen molar-refractivity contribution in [3.63, 3.8) is 0 Å². The zero-order chi connectivity index (χ0) is 17.9. The van der Waals surface area contributed by atoms with Crippen LogP contribution in [0.25, 0.3) is 11.5 Å². The van der Waals surface area contributed by atoms with Gasteiger partial charge in [-0.2, -0.15) is 4.98 Å². The van der Waals surface area contributed by atoms with Crippen LogP contribution in [0.2, 0.25) is 0 Å². The summed E-state index contributed by atoms with van der Waals surface area (Å²) >= 11 is 0. The number of hydrogen-bond acceptors (Lipinski definition) is 8. The monoisotopic (exact) mass is 354 g/mol. The Morgan fingerprint density at radius 3 is 2.27 bits per heavy atom. The van der Waals surface area contributed by atoms with Gasteiger partial charge in [-0.3, -0.25) is 9.80 Å². The first kappa shape index (κ1) is 16.9. The molecule has 1 fully saturated rings. The average molecular weight is 354 g/mol. The van der Waals surface area contributed by atoms with Gasteiger partial charge < -0.3 is 8.94 Å². The van der Waals surface area contributed by atoms with E-state index in [1.165, 1.54) is 5.56 Å². The van der Waals surface area contributed by atoms with Crippen LogP contribution in [0.1, 0.15) is 23.2 Å². The predicted octanol–water partition coefficient (Wildman–Crippen LogP) is 2.05. The molecule has 136 valence electrons. The molecule has 4 rings (SSSR count). The SMILES string of the molecule is Cc1ccc(-c2nnc(CN3CCN(Cc4noc(C)n4)CC3)o2)cc1. The fourth-order valence-electron chi connectivity index (χ4n) is 3.03. The van der Waals surface area contributed by atoms with Gasteiger partial charge in [-0.1, -0.05) is 22.9 Å². The average Bonchev–Trinajstić information content (AvgIpc) is 3.26. The second kappa shape index (κ2) is 7.35. The van der Waals surface area contributed by atoms with Gasteiger partial charge in [0.1, 0.15) is 0 Å². The Hall–Kier alpha value is -2.58. The topological polar surface area (TPSA) is 84.3 Å². The highest BCUT2D eigenvalue weighted by Crippen LogP contribution is 2.19. The summed E-state index contributed by atoms with van der Waals surface area (Å²) in [6, 6.07) is 8.10. The summed E-state index contributed by atoms with van der Waals surface area (Å²) in [5.74, 6) is 2.59. The molecule has 1 aliphatic rings. The molecule has 0 atom stereocenters. The van der Waals surface area contributed by atoms with Crippen molar-refractivity contribution in [2.75, 3.05) is 26.2 Å². The van der Waals surface area contributed by atoms with E-state index in [-0.39, 0.29) is 0 Å². The Labute approximate surface area is 151 Å². The fourth-order valence-corrected chi connectivity index (χ4v) is 3.03. The molecule has 8 heteroatoms. The van der Waals surface area contributed by atoms with Crippen molar-refractivity contribution in [1.29, 1.82) is 0 Å². The molecule has 0 saturated carbocycles. The summed E-state index contributed by atoms with van der Waals surface area (Å²) in [5, 5.41) is 12.3. The van der Waals surface area contributed by atoms with Crippen LogP contribution in [0.5, 0.6) is 0 Å². The van der Waals surface area contributed by atoms with Crippen molar-refractivity contribution in [2.24, 2.45) is 0 Å². The van der Waals surface area contributed by atoms with Gasteiger partial charge in [0.15, 0.2) is 5.82 Å². The molecule has 1 saturated heterocycles. The summed E-state index contributed by atoms with van der Waals surface area (Å²) in [7, 11) is 0. The zero-order valence-electron chi connectivity index (χ0n) is 15.1. The lowest BCUT2D eigenvalue weighted by Crippen LogP contribution is -2.45. The summed E-state index contributed by atoms with van der Waals surface area (Å²) in [6.07, 6.45) is 0. The molecule has 0 radical (unpaired) electrons. The summed E-state index contributed by atoms with van der Waals surface area (Å²) in [5.41, 5.74) is 2.16. The van der Waals surface area contributed by atoms with E-state index >= 15 is 0 Å². The van der Waals surface area contributed by atoms with Crippen LogP contribution in [-0.4, -0.2) is 56.3 Å². The Morgan fingerprint density at radius 2 is 1.62 bits per heavy atom. The van der Waals surface area contributed by atoms with E-state index in [0.29, 0.717) is 24.2 Å². The molecule has 0 unspecified atom stereocenters. The lowest BCUT2D eigenvalue weighted by atomic mass is 10.1. The highest BCUT2D eigenvalue weighted by atomic mass is 16.5. The van der Waals surface area contributed by atoms with Gasteiger partial charge in [0.2, 0.25) is 17.7 Å². The van der Waals surface area contributed by atoms with Crippen LogP contribution in [0.3, 0.4) is 0 Å². The Balaban J connectivity index is 1.30. The Morgan fingerprint density at radius 1 is 0.923 bits per heavy atom. The van der Waals surface area contributed by atoms with E-state index in [2.05, 4.69) is 37.1 Å². The Kier molecular flexibility index (Phi) is 4.77. The lowest BCUT2D eigenvalue weighted by molar-refractivity contribution is 0.112. The maximum absolute atomic E-state index is 5.83. The van der Waals surface area contributed by atoms with Gasteiger partial charge in [0.25, 0.3) is 0 Å². The summed E-state index contributed by atoms with van der Waals surface area (Å²) in [6.45, 7) is 9.06. The molecule has 26 heavy (non-hydrogen) atoms. The molecular formula is C18H22N6O2. The molecule has 8 nitrogen and oxygen atoms in total. The minimum absolute atomic E-state index is 0.575. The molecule has 0 aliphatic carbocycles. The number of rotatable bonds is 5. The second-order valence-corrected chi connectivity index (χ2v) is 6.65. The molecule has 3 heterocycles. The molecule has 1 aromatic carbocycles. The number of piperazine rings is 1. The molecule has 2 aromatic heterocycles. The van der Waals surface area contributed by atoms with E-state index < -0.39 is 0 Å². The Bertz CT molecular complexity index is 849. The predicted molar refractivity (Wildman–Crippen MR) is 94.1 cm³/mol. The molecule has 3 aromatic rings. The van der Waals surface area contributed by atoms with Gasteiger partial charge in [0, 0.05) is 38.7 Å². The first-order valence-electron chi connectivity index (χ1n) is 8.79. The third-order valence-electron chi connectivity index (χ3n) is 4.52. The smallest absolute Gasteiger partial charge is 0.247 e. The van der Waals surface area contributed by atoms with Gasteiger partial charge in [-0.05, 0) is 19.1 Å². The minimum Gasteiger partial charge on any atom is -0.419 e. The van der Waals surface area contributed by atoms with Gasteiger partial charge in [-0.25, -0.2) is 0 Å². The molecular weight excluding hydrogens is 332 g/mol. The van der Waals surface area contributed by atoms with E-state index in [1.807, 2.05) is 31.2 Å². The van der Waals surface area contributed by atoms with Crippen molar-refractivity contribution < 1.29 is 8.94 Å². The summed E-state index contributed by atoms with van der Waals surface area (Å²) in [4.78, 5) is 8.91. The highest BCUT2D eigenvalue weighted by molar-refractivity contribution is 5.52. The van der Waals surface area contributed by atoms with Crippen LogP contribution in [0, 0.1) is 13.8 Å². The van der Waals surface area contributed by atoms with Crippen LogP contribution in [0.15, 0.2) is 33.2 Å². The van der Waals surface area contributed by atoms with Crippen LogP contribution in [-0.2, 0) is 13.1 Å². The fraction of sp³-hybridized carbons (Fsp3) is 0.444. The first-order chi connectivity index (χ1) is 12.7. The minimum atomic E-state index is 0.575. The zero-order valence-corrected chi connectivity index (χ0v) is 15.1. The molecule has 1 aliphatic heterocycles. The van der Waals surface area contributed by atoms with E-state index in [1.54, 1.807) is 0 Å². The van der Waals surface area contributed by atoms with Crippen molar-refractivity contribution in [3.8, 4) is 11.5 Å². The third kappa shape index (κ3) is 3.97. The molecule has 0 bridgehead atoms. The standard InChI is InChI=1S/C18H22N6O2/c1-13-3-5-15(6-4-13)18-21-20-17(25-18)12-24-9-7-23(8-10-24)11-16-19-14(2)26-22-16/h3-6H,7-12H2,1-2H3. The number of nitrogens with zero attached hydrogens (tertiary/aromatic N) is 6. The maximum Gasteiger partial charge on any atom is 0.247 e. The molecule has 0 spiro atoms. The number of aromatic nitrogens is 4. The molecule has 0 amide bonds. The van der Waals surface area contributed by atoms with E-state index in [0.717, 1.165) is 44.1 Å². The third-order valence-corrected chi connectivity index (χ3v) is 4.52. The number of aryl methyl sites for hydroxylation is 2. The van der Waals surface area contributed by atoms with Crippen molar-refractivity contribution >= 4 is 0 Å². The lowest BCUT2D eigenvalue weighted by Gasteiger charge is -2.33. The number of benzene rings is 1. The van der Waals surface area contributed by atoms with Crippen LogP contribution >= 0.6 is 0 Å². The van der Waals surface area contributed by atoms with Crippen LogP contribution in [0.4, 0.5) is 0 Å². The van der Waals surface area contributed by atoms with Gasteiger partial charge in [-0.15, -0.1) is 10.2 Å². The maximum atomic E-state index is 5.83. The second-order valence-electron chi connectivity index (χ2n) is 6.65. The van der Waals surface area contributed by atoms with Crippen LogP contribution < -0.4 is 0 Å². The summed E-state index contributed by atoms with van der Waals surface area (Å²) < 4.78 is 10.9. The van der Waals surface area contributed by atoms with E-state index in [9.17, 15) is 0 Å². The number of hydrogen-bond donors (Lipinski definition) is 0. The van der Waals surface area contributed by atoms with Gasteiger partial charge >= 0.3 is 0 Å². The van der Waals surface area contributed by atoms with Crippen molar-refractivity contribution in [1.82, 2.24) is 30.1 Å². The first-order valence-corrected chi connectivity index (χ1v) is 8.79. The normalized spacial score (nSPS) is 16.2. The quantitative estimate of drug-likeness (QED) is 0.688. The molecule has 0 N–H and O–H groups in total. The van der Waals surface area contributed by atoms with Crippen molar-refractivity contribution in [2.45, 2.75) is 26.9 Å².